The van der Waals surface area contributed by atoms with Crippen LogP contribution in [-0.2, 0) is 0 Å². The number of anilines is 1. The number of nitriles is 1. The first-order valence-corrected chi connectivity index (χ1v) is 9.88. The Morgan fingerprint density at radius 2 is 1.88 bits per heavy atom. The van der Waals surface area contributed by atoms with E-state index in [-0.39, 0.29) is 6.03 Å². The number of rotatable bonds is 2. The van der Waals surface area contributed by atoms with Gasteiger partial charge in [-0.2, -0.15) is 5.26 Å². The highest BCUT2D eigenvalue weighted by Gasteiger charge is 2.45. The largest absolute Gasteiger partial charge is 0.353 e. The minimum absolute atomic E-state index is 0.0987. The molecule has 0 bridgehead atoms. The molecule has 138 valence electrons. The van der Waals surface area contributed by atoms with Crippen LogP contribution in [0.3, 0.4) is 0 Å². The molecule has 1 atom stereocenters. The molecule has 1 aromatic heterocycles. The third-order valence-electron chi connectivity index (χ3n) is 6.54. The third-order valence-corrected chi connectivity index (χ3v) is 6.54. The zero-order valence-corrected chi connectivity index (χ0v) is 15.3. The molecule has 4 rings (SSSR count). The van der Waals surface area contributed by atoms with Crippen molar-refractivity contribution >= 4 is 11.8 Å². The van der Waals surface area contributed by atoms with Crippen LogP contribution in [0.2, 0.25) is 0 Å². The molecule has 2 heterocycles. The molecular weight excluding hydrogens is 326 g/mol. The van der Waals surface area contributed by atoms with E-state index in [0.717, 1.165) is 25.3 Å². The smallest absolute Gasteiger partial charge is 0.317 e. The molecule has 1 saturated heterocycles. The number of carbonyl (C=O) groups is 1. The summed E-state index contributed by atoms with van der Waals surface area (Å²) in [6.07, 6.45) is 8.88. The van der Waals surface area contributed by atoms with Crippen molar-refractivity contribution in [2.75, 3.05) is 31.1 Å². The summed E-state index contributed by atoms with van der Waals surface area (Å²) in [5.74, 6) is 0.824. The van der Waals surface area contributed by atoms with Gasteiger partial charge in [-0.3, -0.25) is 0 Å². The average molecular weight is 353 g/mol. The van der Waals surface area contributed by atoms with Crippen molar-refractivity contribution in [3.8, 4) is 6.07 Å². The summed E-state index contributed by atoms with van der Waals surface area (Å²) in [7, 11) is 0. The second-order valence-electron chi connectivity index (χ2n) is 7.93. The van der Waals surface area contributed by atoms with Gasteiger partial charge in [-0.25, -0.2) is 9.78 Å². The highest BCUT2D eigenvalue weighted by Crippen LogP contribution is 2.50. The van der Waals surface area contributed by atoms with E-state index in [2.05, 4.69) is 21.3 Å². The summed E-state index contributed by atoms with van der Waals surface area (Å²) >= 11 is 0. The van der Waals surface area contributed by atoms with Gasteiger partial charge in [0.1, 0.15) is 17.6 Å². The second kappa shape index (κ2) is 7.14. The van der Waals surface area contributed by atoms with Gasteiger partial charge in [-0.15, -0.1) is 0 Å². The Labute approximate surface area is 155 Å². The van der Waals surface area contributed by atoms with Gasteiger partial charge < -0.3 is 15.1 Å². The molecule has 26 heavy (non-hydrogen) atoms. The first-order valence-electron chi connectivity index (χ1n) is 9.88. The van der Waals surface area contributed by atoms with Gasteiger partial charge in [-0.05, 0) is 43.2 Å². The van der Waals surface area contributed by atoms with Gasteiger partial charge in [-0.1, -0.05) is 25.3 Å². The van der Waals surface area contributed by atoms with Crippen LogP contribution in [0.1, 0.15) is 50.6 Å². The highest BCUT2D eigenvalue weighted by molar-refractivity contribution is 5.75. The summed E-state index contributed by atoms with van der Waals surface area (Å²) in [4.78, 5) is 21.2. The molecule has 1 aliphatic heterocycles. The topological polar surface area (TPSA) is 72.3 Å². The molecule has 1 N–H and O–H groups in total. The Hall–Kier alpha value is -2.29. The molecule has 1 unspecified atom stereocenters. The van der Waals surface area contributed by atoms with Gasteiger partial charge >= 0.3 is 6.03 Å². The van der Waals surface area contributed by atoms with Crippen molar-refractivity contribution in [1.29, 1.82) is 5.26 Å². The molecule has 1 spiro atoms. The maximum atomic E-state index is 12.8. The third kappa shape index (κ3) is 3.23. The van der Waals surface area contributed by atoms with Gasteiger partial charge in [0.25, 0.3) is 0 Å². The van der Waals surface area contributed by atoms with Crippen LogP contribution in [0.4, 0.5) is 10.6 Å². The molecule has 6 heteroatoms. The van der Waals surface area contributed by atoms with Gasteiger partial charge in [0.2, 0.25) is 0 Å². The predicted molar refractivity (Wildman–Crippen MR) is 99.8 cm³/mol. The van der Waals surface area contributed by atoms with Crippen LogP contribution >= 0.6 is 0 Å². The van der Waals surface area contributed by atoms with Crippen LogP contribution in [0, 0.1) is 16.7 Å². The number of piperazine rings is 1. The van der Waals surface area contributed by atoms with E-state index < -0.39 is 0 Å². The predicted octanol–water partition coefficient (Wildman–Crippen LogP) is 2.90. The fourth-order valence-electron chi connectivity index (χ4n) is 5.08. The Morgan fingerprint density at radius 1 is 1.15 bits per heavy atom. The molecule has 3 fully saturated rings. The Morgan fingerprint density at radius 3 is 2.62 bits per heavy atom. The summed E-state index contributed by atoms with van der Waals surface area (Å²) in [6, 6.07) is 8.06. The van der Waals surface area contributed by atoms with Crippen LogP contribution in [0.5, 0.6) is 0 Å². The molecule has 3 aliphatic rings. The summed E-state index contributed by atoms with van der Waals surface area (Å²) in [5.41, 5.74) is 0.824. The standard InChI is InChI=1S/C20H27N5O/c21-15-16-5-3-7-18(22-16)24-11-13-25(14-12-24)19(26)23-17-6-4-10-20(17)8-1-2-9-20/h3,5,7,17H,1-2,4,6,8-14H2,(H,23,26). The number of carbonyl (C=O) groups excluding carboxylic acids is 1. The lowest BCUT2D eigenvalue weighted by Gasteiger charge is -2.38. The summed E-state index contributed by atoms with van der Waals surface area (Å²) in [5, 5.41) is 12.4. The van der Waals surface area contributed by atoms with E-state index in [0.29, 0.717) is 30.2 Å². The van der Waals surface area contributed by atoms with Crippen LogP contribution < -0.4 is 10.2 Å². The average Bonchev–Trinajstić information content (AvgIpc) is 3.32. The quantitative estimate of drug-likeness (QED) is 0.887. The molecule has 0 aromatic carbocycles. The molecule has 1 aromatic rings. The second-order valence-corrected chi connectivity index (χ2v) is 7.93. The minimum Gasteiger partial charge on any atom is -0.353 e. The lowest BCUT2D eigenvalue weighted by atomic mass is 9.81. The van der Waals surface area contributed by atoms with E-state index in [1.807, 2.05) is 17.0 Å². The van der Waals surface area contributed by atoms with Gasteiger partial charge in [0, 0.05) is 32.2 Å². The Kier molecular flexibility index (Phi) is 4.71. The van der Waals surface area contributed by atoms with Crippen molar-refractivity contribution in [2.24, 2.45) is 5.41 Å². The molecule has 2 aliphatic carbocycles. The zero-order valence-electron chi connectivity index (χ0n) is 15.3. The van der Waals surface area contributed by atoms with Crippen molar-refractivity contribution in [2.45, 2.75) is 51.0 Å². The van der Waals surface area contributed by atoms with E-state index >= 15 is 0 Å². The normalized spacial score (nSPS) is 24.7. The molecule has 2 amide bonds. The fourth-order valence-corrected chi connectivity index (χ4v) is 5.08. The summed E-state index contributed by atoms with van der Waals surface area (Å²) in [6.45, 7) is 2.91. The van der Waals surface area contributed by atoms with Crippen molar-refractivity contribution in [3.05, 3.63) is 23.9 Å². The number of amides is 2. The van der Waals surface area contributed by atoms with Crippen molar-refractivity contribution in [3.63, 3.8) is 0 Å². The minimum atomic E-state index is 0.0987. The van der Waals surface area contributed by atoms with Crippen molar-refractivity contribution in [1.82, 2.24) is 15.2 Å². The number of hydrogen-bond acceptors (Lipinski definition) is 4. The number of nitrogens with one attached hydrogen (secondary N) is 1. The van der Waals surface area contributed by atoms with Crippen LogP contribution in [-0.4, -0.2) is 48.1 Å². The molecular formula is C20H27N5O. The first kappa shape index (κ1) is 17.1. The lowest BCUT2D eigenvalue weighted by molar-refractivity contribution is 0.172. The monoisotopic (exact) mass is 353 g/mol. The van der Waals surface area contributed by atoms with E-state index in [1.54, 1.807) is 6.07 Å². The Bertz CT molecular complexity index is 693. The van der Waals surface area contributed by atoms with Crippen LogP contribution in [0.25, 0.3) is 0 Å². The zero-order chi connectivity index (χ0) is 18.0. The van der Waals surface area contributed by atoms with E-state index in [1.165, 1.54) is 38.5 Å². The number of hydrogen-bond donors (Lipinski definition) is 1. The maximum Gasteiger partial charge on any atom is 0.317 e. The first-order chi connectivity index (χ1) is 12.7. The van der Waals surface area contributed by atoms with E-state index in [4.69, 9.17) is 5.26 Å². The van der Waals surface area contributed by atoms with Crippen LogP contribution in [0.15, 0.2) is 18.2 Å². The van der Waals surface area contributed by atoms with Gasteiger partial charge in [0.15, 0.2) is 0 Å². The van der Waals surface area contributed by atoms with E-state index in [9.17, 15) is 4.79 Å². The number of aromatic nitrogens is 1. The van der Waals surface area contributed by atoms with Crippen molar-refractivity contribution < 1.29 is 4.79 Å². The van der Waals surface area contributed by atoms with Gasteiger partial charge in [0.05, 0.1) is 0 Å². The highest BCUT2D eigenvalue weighted by atomic mass is 16.2. The number of nitrogens with zero attached hydrogens (tertiary/aromatic N) is 4. The molecule has 2 saturated carbocycles. The summed E-state index contributed by atoms with van der Waals surface area (Å²) < 4.78 is 0. The Balaban J connectivity index is 1.33. The number of urea groups is 1. The lowest BCUT2D eigenvalue weighted by Crippen LogP contribution is -2.55. The fraction of sp³-hybridized carbons (Fsp3) is 0.650. The molecule has 6 nitrogen and oxygen atoms in total. The maximum absolute atomic E-state index is 12.8. The molecule has 0 radical (unpaired) electrons. The number of pyridine rings is 1. The SMILES string of the molecule is N#Cc1cccc(N2CCN(C(=O)NC3CCCC34CCCC4)CC2)n1.